The van der Waals surface area contributed by atoms with Crippen molar-refractivity contribution in [2.45, 2.75) is 237 Å². The lowest BCUT2D eigenvalue weighted by Gasteiger charge is -2.40. The molecule has 1 heterocycles. The number of carbonyl (C=O) groups excluding carboxylic acids is 3. The average molecular weight is 943 g/mol. The first-order valence-corrected chi connectivity index (χ1v) is 25.9. The first-order valence-electron chi connectivity index (χ1n) is 25.9. The summed E-state index contributed by atoms with van der Waals surface area (Å²) >= 11 is 0. The summed E-state index contributed by atoms with van der Waals surface area (Å²) in [6, 6.07) is 0. The number of carboxylic acid groups (broad SMARTS) is 1. The van der Waals surface area contributed by atoms with Crippen molar-refractivity contribution in [3.8, 4) is 0 Å². The van der Waals surface area contributed by atoms with Crippen LogP contribution in [0.25, 0.3) is 0 Å². The second-order valence-corrected chi connectivity index (χ2v) is 17.4. The third-order valence-electron chi connectivity index (χ3n) is 11.2. The van der Waals surface area contributed by atoms with Crippen molar-refractivity contribution in [2.75, 3.05) is 13.2 Å². The fourth-order valence-corrected chi connectivity index (χ4v) is 7.20. The summed E-state index contributed by atoms with van der Waals surface area (Å²) in [6.45, 7) is 5.73. The fourth-order valence-electron chi connectivity index (χ4n) is 7.20. The Morgan fingerprint density at radius 3 is 1.48 bits per heavy atom. The molecule has 3 N–H and O–H groups in total. The number of carboxylic acids is 1. The van der Waals surface area contributed by atoms with Crippen LogP contribution in [-0.4, -0.2) is 89.2 Å². The highest BCUT2D eigenvalue weighted by Gasteiger charge is 2.50. The molecule has 0 bridgehead atoms. The van der Waals surface area contributed by atoms with Gasteiger partial charge in [-0.1, -0.05) is 158 Å². The highest BCUT2D eigenvalue weighted by atomic mass is 16.7. The van der Waals surface area contributed by atoms with Gasteiger partial charge in [-0.3, -0.25) is 14.4 Å². The normalized spacial score (nSPS) is 19.4. The Kier molecular flexibility index (Phi) is 39.7. The lowest BCUT2D eigenvalue weighted by Crippen LogP contribution is -2.61. The standard InChI is InChI=1S/C55H90O12/c1-4-7-10-13-16-19-22-23-24-25-28-31-34-37-40-43-49(58)66-53-51(60)50(59)52(54(61)62)67-55(53)64-45-46(65-48(57)42-39-36-33-30-27-21-18-15-12-9-6-3)44-63-47(56)41-38-35-32-29-26-20-17-14-11-8-5-2/h7,10,14-19,23-24,28,31,46,50-53,55,59-60H,4-6,8-9,11-13,20-22,25-27,29-30,32-45H2,1-3H3,(H,61,62)/b10-7-,17-14-,18-15-,19-16-,24-23-,31-28-. The summed E-state index contributed by atoms with van der Waals surface area (Å²) in [4.78, 5) is 50.7. The number of unbranched alkanes of at least 4 members (excludes halogenated alkanes) is 16. The Morgan fingerprint density at radius 1 is 0.507 bits per heavy atom. The minimum absolute atomic E-state index is 0.00463. The molecule has 382 valence electrons. The number of aliphatic hydroxyl groups is 2. The van der Waals surface area contributed by atoms with E-state index in [4.69, 9.17) is 23.7 Å². The molecule has 1 aliphatic heterocycles. The molecule has 0 aromatic heterocycles. The number of hydrogen-bond donors (Lipinski definition) is 3. The minimum atomic E-state index is -1.92. The van der Waals surface area contributed by atoms with Gasteiger partial charge in [-0.15, -0.1) is 0 Å². The lowest BCUT2D eigenvalue weighted by molar-refractivity contribution is -0.301. The maximum absolute atomic E-state index is 13.0. The monoisotopic (exact) mass is 943 g/mol. The van der Waals surface area contributed by atoms with E-state index in [1.807, 2.05) is 0 Å². The van der Waals surface area contributed by atoms with Crippen LogP contribution in [0.3, 0.4) is 0 Å². The predicted octanol–water partition coefficient (Wildman–Crippen LogP) is 12.2. The highest BCUT2D eigenvalue weighted by molar-refractivity contribution is 5.74. The molecule has 1 aliphatic rings. The van der Waals surface area contributed by atoms with Gasteiger partial charge in [0.05, 0.1) is 6.61 Å². The number of rotatable bonds is 42. The average Bonchev–Trinajstić information content (AvgIpc) is 3.31. The fraction of sp³-hybridized carbons (Fsp3) is 0.709. The Balaban J connectivity index is 2.77. The molecule has 0 aromatic rings. The molecule has 0 saturated carbocycles. The van der Waals surface area contributed by atoms with E-state index in [2.05, 4.69) is 93.7 Å². The topological polar surface area (TPSA) is 175 Å². The van der Waals surface area contributed by atoms with Crippen molar-refractivity contribution in [3.05, 3.63) is 72.9 Å². The zero-order valence-corrected chi connectivity index (χ0v) is 41.6. The molecule has 1 saturated heterocycles. The Labute approximate surface area is 404 Å². The van der Waals surface area contributed by atoms with Gasteiger partial charge in [-0.05, 0) is 96.3 Å². The first-order chi connectivity index (χ1) is 32.6. The molecule has 0 amide bonds. The first kappa shape index (κ1) is 61.2. The second kappa shape index (κ2) is 43.4. The number of aliphatic carboxylic acids is 1. The molecule has 1 fully saturated rings. The predicted molar refractivity (Wildman–Crippen MR) is 266 cm³/mol. The van der Waals surface area contributed by atoms with Crippen LogP contribution in [0.1, 0.15) is 201 Å². The number of aliphatic hydroxyl groups excluding tert-OH is 2. The van der Waals surface area contributed by atoms with Gasteiger partial charge in [0, 0.05) is 19.3 Å². The number of hydrogen-bond acceptors (Lipinski definition) is 11. The number of esters is 3. The summed E-state index contributed by atoms with van der Waals surface area (Å²) in [7, 11) is 0. The Hall–Kier alpha value is -3.84. The number of ether oxygens (including phenoxy) is 5. The van der Waals surface area contributed by atoms with Crippen molar-refractivity contribution in [2.24, 2.45) is 0 Å². The van der Waals surface area contributed by atoms with Gasteiger partial charge in [0.15, 0.2) is 24.6 Å². The van der Waals surface area contributed by atoms with Gasteiger partial charge in [0.25, 0.3) is 0 Å². The van der Waals surface area contributed by atoms with E-state index in [0.717, 1.165) is 109 Å². The van der Waals surface area contributed by atoms with Crippen LogP contribution in [0.5, 0.6) is 0 Å². The maximum Gasteiger partial charge on any atom is 0.335 e. The number of allylic oxidation sites excluding steroid dienone is 12. The van der Waals surface area contributed by atoms with E-state index in [1.54, 1.807) is 0 Å². The molecule has 0 radical (unpaired) electrons. The molecular formula is C55H90O12. The van der Waals surface area contributed by atoms with Crippen LogP contribution in [0.4, 0.5) is 0 Å². The van der Waals surface area contributed by atoms with E-state index >= 15 is 0 Å². The molecule has 0 spiro atoms. The Bertz CT molecular complexity index is 1450. The Morgan fingerprint density at radius 2 is 0.940 bits per heavy atom. The zero-order valence-electron chi connectivity index (χ0n) is 41.6. The van der Waals surface area contributed by atoms with Crippen LogP contribution in [-0.2, 0) is 42.9 Å². The third kappa shape index (κ3) is 34.2. The summed E-state index contributed by atoms with van der Waals surface area (Å²) in [6.07, 6.45) is 40.4. The summed E-state index contributed by atoms with van der Waals surface area (Å²) in [5, 5.41) is 31.3. The zero-order chi connectivity index (χ0) is 49.0. The van der Waals surface area contributed by atoms with Crippen molar-refractivity contribution < 1.29 is 58.2 Å². The molecule has 12 heteroatoms. The van der Waals surface area contributed by atoms with E-state index in [-0.39, 0.29) is 25.9 Å². The summed E-state index contributed by atoms with van der Waals surface area (Å²) in [5.74, 6) is -3.21. The van der Waals surface area contributed by atoms with Gasteiger partial charge >= 0.3 is 23.9 Å². The van der Waals surface area contributed by atoms with Gasteiger partial charge in [0.2, 0.25) is 0 Å². The second-order valence-electron chi connectivity index (χ2n) is 17.4. The third-order valence-corrected chi connectivity index (χ3v) is 11.2. The van der Waals surface area contributed by atoms with Crippen molar-refractivity contribution in [1.29, 1.82) is 0 Å². The van der Waals surface area contributed by atoms with E-state index in [9.17, 15) is 34.5 Å². The van der Waals surface area contributed by atoms with Crippen LogP contribution in [0.2, 0.25) is 0 Å². The van der Waals surface area contributed by atoms with Crippen molar-refractivity contribution >= 4 is 23.9 Å². The lowest BCUT2D eigenvalue weighted by atomic mass is 9.98. The van der Waals surface area contributed by atoms with E-state index in [0.29, 0.717) is 25.7 Å². The van der Waals surface area contributed by atoms with Gasteiger partial charge in [-0.2, -0.15) is 0 Å². The molecule has 6 atom stereocenters. The smallest absolute Gasteiger partial charge is 0.335 e. The van der Waals surface area contributed by atoms with Crippen LogP contribution < -0.4 is 0 Å². The summed E-state index contributed by atoms with van der Waals surface area (Å²) < 4.78 is 28.2. The maximum atomic E-state index is 13.0. The quantitative estimate of drug-likeness (QED) is 0.0229. The highest BCUT2D eigenvalue weighted by Crippen LogP contribution is 2.26. The van der Waals surface area contributed by atoms with Crippen molar-refractivity contribution in [1.82, 2.24) is 0 Å². The van der Waals surface area contributed by atoms with Crippen molar-refractivity contribution in [3.63, 3.8) is 0 Å². The van der Waals surface area contributed by atoms with Gasteiger partial charge in [-0.25, -0.2) is 4.79 Å². The minimum Gasteiger partial charge on any atom is -0.479 e. The number of carbonyl (C=O) groups is 4. The van der Waals surface area contributed by atoms with Gasteiger partial charge in [0.1, 0.15) is 18.8 Å². The largest absolute Gasteiger partial charge is 0.479 e. The van der Waals surface area contributed by atoms with E-state index in [1.165, 1.54) is 25.7 Å². The molecule has 6 unspecified atom stereocenters. The SMILES string of the molecule is CC/C=C\C/C=C\C/C=C\C/C=C\CCCCC(=O)OC1C(OCC(COC(=O)CCCCCCC/C=C\CCCC)OC(=O)CCCCCCC/C=C\CCCC)OC(C(=O)O)C(O)C1O. The molecule has 0 aromatic carbocycles. The van der Waals surface area contributed by atoms with E-state index < -0.39 is 67.3 Å². The van der Waals surface area contributed by atoms with Crippen LogP contribution in [0, 0.1) is 0 Å². The molecule has 0 aliphatic carbocycles. The molecular weight excluding hydrogens is 853 g/mol. The summed E-state index contributed by atoms with van der Waals surface area (Å²) in [5.41, 5.74) is 0. The molecule has 12 nitrogen and oxygen atoms in total. The van der Waals surface area contributed by atoms with Gasteiger partial charge < -0.3 is 39.0 Å². The molecule has 1 rings (SSSR count). The molecule has 67 heavy (non-hydrogen) atoms. The van der Waals surface area contributed by atoms with Crippen LogP contribution in [0.15, 0.2) is 72.9 Å². The van der Waals surface area contributed by atoms with Crippen LogP contribution >= 0.6 is 0 Å².